The van der Waals surface area contributed by atoms with E-state index >= 15 is 0 Å². The van der Waals surface area contributed by atoms with Gasteiger partial charge < -0.3 is 4.74 Å². The van der Waals surface area contributed by atoms with Gasteiger partial charge in [0.15, 0.2) is 0 Å². The van der Waals surface area contributed by atoms with Gasteiger partial charge in [-0.15, -0.1) is 0 Å². The van der Waals surface area contributed by atoms with Crippen molar-refractivity contribution in [3.05, 3.63) is 31.9 Å². The minimum atomic E-state index is -3.67. The monoisotopic (exact) mass is 258 g/mol. The van der Waals surface area contributed by atoms with Gasteiger partial charge >= 0.3 is 35.5 Å². The van der Waals surface area contributed by atoms with Crippen molar-refractivity contribution < 1.29 is 52.1 Å². The van der Waals surface area contributed by atoms with Crippen LogP contribution in [-0.2, 0) is 19.6 Å². The second-order valence-corrected chi connectivity index (χ2v) is 4.02. The number of esters is 1. The topological polar surface area (TPSA) is 80.7 Å². The van der Waals surface area contributed by atoms with Gasteiger partial charge in [0.2, 0.25) is 0 Å². The zero-order valence-corrected chi connectivity index (χ0v) is 12.4. The van der Waals surface area contributed by atoms with Crippen molar-refractivity contribution in [1.29, 1.82) is 0 Å². The van der Waals surface area contributed by atoms with Crippen LogP contribution in [0.15, 0.2) is 25.0 Å². The third-order valence-electron chi connectivity index (χ3n) is 0.874. The summed E-state index contributed by atoms with van der Waals surface area (Å²) in [7, 11) is -3.67. The van der Waals surface area contributed by atoms with Crippen molar-refractivity contribution in [3.8, 4) is 0 Å². The van der Waals surface area contributed by atoms with Crippen LogP contribution in [0.4, 0.5) is 0 Å². The number of hydrogen-bond donors (Lipinski definition) is 1. The number of carbonyl (C=O) groups excluding carboxylic acids is 1. The number of allylic oxidation sites excluding steroid dienone is 1. The van der Waals surface area contributed by atoms with Gasteiger partial charge in [-0.05, 0) is 12.2 Å². The summed E-state index contributed by atoms with van der Waals surface area (Å²) < 4.78 is 31.9. The van der Waals surface area contributed by atoms with Gasteiger partial charge in [0, 0.05) is 6.08 Å². The molecule has 0 aromatic heterocycles. The smallest absolute Gasteiger partial charge is 0.463 e. The normalized spacial score (nSPS) is 8.88. The van der Waals surface area contributed by atoms with Crippen LogP contribution < -0.4 is 29.6 Å². The quantitative estimate of drug-likeness (QED) is 0.163. The predicted molar refractivity (Wildman–Crippen MR) is 57.5 cm³/mol. The Kier molecular flexibility index (Phi) is 14.8. The molecular weight excluding hydrogens is 243 g/mol. The molecule has 0 aromatic carbocycles. The summed E-state index contributed by atoms with van der Waals surface area (Å²) in [6.45, 7) is 11.3. The molecule has 1 N–H and O–H groups in total. The predicted octanol–water partition coefficient (Wildman–Crippen LogP) is -1.65. The zero-order chi connectivity index (χ0) is 12.5. The van der Waals surface area contributed by atoms with Crippen LogP contribution in [0.3, 0.4) is 0 Å². The van der Waals surface area contributed by atoms with Crippen LogP contribution in [0.25, 0.3) is 0 Å². The molecule has 0 bridgehead atoms. The standard InChI is InChI=1S/C6H7O2.C3H8O3S.Na/c1-4-6(7)8-5(2)3;1-2-3-7(4,5)6;/h4H,1-3H2;2-3H2,1H3,(H,4,5,6);/q-1;;+1. The van der Waals surface area contributed by atoms with Crippen LogP contribution >= 0.6 is 0 Å². The Labute approximate surface area is 119 Å². The molecule has 0 aliphatic heterocycles. The second kappa shape index (κ2) is 11.2. The molecule has 0 fully saturated rings. The minimum Gasteiger partial charge on any atom is -0.463 e. The van der Waals surface area contributed by atoms with E-state index in [4.69, 9.17) is 4.55 Å². The first-order valence-corrected chi connectivity index (χ1v) is 5.64. The molecule has 0 aromatic rings. The van der Waals surface area contributed by atoms with Gasteiger partial charge in [0.1, 0.15) is 0 Å². The molecule has 7 heteroatoms. The van der Waals surface area contributed by atoms with E-state index in [-0.39, 0.29) is 41.1 Å². The SMILES string of the molecule is C=CC(=O)OC(=C)[CH2-].CCCS(=O)(=O)O.[Na+]. The molecule has 88 valence electrons. The van der Waals surface area contributed by atoms with E-state index in [0.717, 1.165) is 6.08 Å². The van der Waals surface area contributed by atoms with E-state index in [1.807, 2.05) is 0 Å². The first-order valence-electron chi connectivity index (χ1n) is 4.03. The summed E-state index contributed by atoms with van der Waals surface area (Å²) in [6.07, 6.45) is 1.52. The summed E-state index contributed by atoms with van der Waals surface area (Å²) >= 11 is 0. The third-order valence-corrected chi connectivity index (χ3v) is 1.80. The van der Waals surface area contributed by atoms with Gasteiger partial charge in [-0.25, -0.2) is 18.3 Å². The molecule has 0 aliphatic carbocycles. The van der Waals surface area contributed by atoms with Gasteiger partial charge in [-0.3, -0.25) is 4.55 Å². The van der Waals surface area contributed by atoms with Crippen LogP contribution in [0.1, 0.15) is 13.3 Å². The van der Waals surface area contributed by atoms with Crippen molar-refractivity contribution in [2.45, 2.75) is 13.3 Å². The van der Waals surface area contributed by atoms with Crippen molar-refractivity contribution in [2.75, 3.05) is 5.75 Å². The van der Waals surface area contributed by atoms with Crippen LogP contribution in [0.5, 0.6) is 0 Å². The maximum Gasteiger partial charge on any atom is 1.00 e. The summed E-state index contributed by atoms with van der Waals surface area (Å²) in [4.78, 5) is 10.2. The Hall–Kier alpha value is -0.270. The number of rotatable bonds is 4. The van der Waals surface area contributed by atoms with Gasteiger partial charge in [-0.1, -0.05) is 13.5 Å². The van der Waals surface area contributed by atoms with Crippen LogP contribution in [0.2, 0.25) is 0 Å². The average molecular weight is 258 g/mol. The molecule has 0 heterocycles. The van der Waals surface area contributed by atoms with Crippen molar-refractivity contribution in [1.82, 2.24) is 0 Å². The Morgan fingerprint density at radius 3 is 2.06 bits per heavy atom. The summed E-state index contributed by atoms with van der Waals surface area (Å²) in [5, 5.41) is 0. The summed E-state index contributed by atoms with van der Waals surface area (Å²) in [5.41, 5.74) is 0. The average Bonchev–Trinajstić information content (AvgIpc) is 2.01. The molecule has 0 aliphatic rings. The van der Waals surface area contributed by atoms with E-state index in [1.165, 1.54) is 0 Å². The zero-order valence-electron chi connectivity index (χ0n) is 9.60. The fourth-order valence-electron chi connectivity index (χ4n) is 0.442. The van der Waals surface area contributed by atoms with Gasteiger partial charge in [-0.2, -0.15) is 8.42 Å². The second-order valence-electron chi connectivity index (χ2n) is 2.45. The summed E-state index contributed by atoms with van der Waals surface area (Å²) in [5.74, 6) is -0.521. The van der Waals surface area contributed by atoms with Crippen molar-refractivity contribution >= 4 is 16.1 Å². The van der Waals surface area contributed by atoms with Crippen LogP contribution in [0, 0.1) is 6.92 Å². The van der Waals surface area contributed by atoms with E-state index in [0.29, 0.717) is 6.42 Å². The van der Waals surface area contributed by atoms with E-state index in [2.05, 4.69) is 24.8 Å². The maximum atomic E-state index is 10.2. The van der Waals surface area contributed by atoms with Gasteiger partial charge in [0.05, 0.1) is 5.75 Å². The Morgan fingerprint density at radius 1 is 1.56 bits per heavy atom. The van der Waals surface area contributed by atoms with E-state index in [9.17, 15) is 13.2 Å². The molecule has 5 nitrogen and oxygen atoms in total. The number of carbonyl (C=O) groups is 1. The summed E-state index contributed by atoms with van der Waals surface area (Å²) in [6, 6.07) is 0. The molecule has 0 spiro atoms. The van der Waals surface area contributed by atoms with E-state index in [1.54, 1.807) is 6.92 Å². The Morgan fingerprint density at radius 2 is 2.00 bits per heavy atom. The number of ether oxygens (including phenoxy) is 1. The van der Waals surface area contributed by atoms with Crippen LogP contribution in [-0.4, -0.2) is 24.7 Å². The molecule has 0 saturated carbocycles. The molecule has 0 rings (SSSR count). The molecule has 0 saturated heterocycles. The van der Waals surface area contributed by atoms with Gasteiger partial charge in [0.25, 0.3) is 10.1 Å². The molecule has 0 atom stereocenters. The number of hydrogen-bond acceptors (Lipinski definition) is 4. The van der Waals surface area contributed by atoms with Crippen molar-refractivity contribution in [2.24, 2.45) is 0 Å². The minimum absolute atomic E-state index is 0. The largest absolute Gasteiger partial charge is 1.00 e. The Bertz CT molecular complexity index is 321. The first-order chi connectivity index (χ1) is 6.72. The Balaban J connectivity index is -0.000000200. The first kappa shape index (κ1) is 21.1. The molecule has 16 heavy (non-hydrogen) atoms. The maximum absolute atomic E-state index is 10.2. The molecule has 0 unspecified atom stereocenters. The van der Waals surface area contributed by atoms with Crippen molar-refractivity contribution in [3.63, 3.8) is 0 Å². The molecular formula is C9H15NaO5S. The van der Waals surface area contributed by atoms with E-state index < -0.39 is 16.1 Å². The third kappa shape index (κ3) is 23.5. The fourth-order valence-corrected chi connectivity index (χ4v) is 0.958. The molecule has 0 amide bonds. The molecule has 0 radical (unpaired) electrons. The fraction of sp³-hybridized carbons (Fsp3) is 0.333.